The molecule has 7 heteroatoms. The van der Waals surface area contributed by atoms with Gasteiger partial charge in [0.15, 0.2) is 0 Å². The summed E-state index contributed by atoms with van der Waals surface area (Å²) in [6.45, 7) is 3.44. The number of unbranched alkanes of at least 4 members (excludes halogenated alkanes) is 11. The molecule has 0 saturated carbocycles. The van der Waals surface area contributed by atoms with Crippen LogP contribution in [-0.4, -0.2) is 24.3 Å². The van der Waals surface area contributed by atoms with Gasteiger partial charge < -0.3 is 9.87 Å². The van der Waals surface area contributed by atoms with E-state index in [4.69, 9.17) is 0 Å². The van der Waals surface area contributed by atoms with E-state index in [0.29, 0.717) is 0 Å². The molecule has 0 aliphatic rings. The second kappa shape index (κ2) is 19.4. The molecule has 0 heterocycles. The van der Waals surface area contributed by atoms with Crippen LogP contribution < -0.4 is 34.9 Å². The molecule has 0 spiro atoms. The zero-order chi connectivity index (χ0) is 19.7. The zero-order valence-electron chi connectivity index (χ0n) is 17.7. The van der Waals surface area contributed by atoms with Crippen molar-refractivity contribution < 1.29 is 47.3 Å². The fourth-order valence-electron chi connectivity index (χ4n) is 2.73. The average molecular weight is 412 g/mol. The molecule has 5 nitrogen and oxygen atoms in total. The molecule has 1 N–H and O–H groups in total. The van der Waals surface area contributed by atoms with Crippen LogP contribution in [0.1, 0.15) is 104 Å². The van der Waals surface area contributed by atoms with Crippen LogP contribution in [0.5, 0.6) is 0 Å². The van der Waals surface area contributed by atoms with E-state index in [2.05, 4.69) is 24.4 Å². The monoisotopic (exact) mass is 411 g/mol. The van der Waals surface area contributed by atoms with E-state index in [1.165, 1.54) is 58.3 Å². The Morgan fingerprint density at radius 1 is 0.889 bits per heavy atom. The van der Waals surface area contributed by atoms with E-state index < -0.39 is 15.5 Å². The third-order valence-electron chi connectivity index (χ3n) is 4.46. The molecule has 0 fully saturated rings. The minimum Gasteiger partial charge on any atom is -0.746 e. The molecular formula is C20H38NNaO4S. The minimum absolute atomic E-state index is 0. The van der Waals surface area contributed by atoms with Gasteiger partial charge in [0.25, 0.3) is 0 Å². The van der Waals surface area contributed by atoms with Crippen molar-refractivity contribution >= 4 is 16.0 Å². The van der Waals surface area contributed by atoms with Crippen molar-refractivity contribution in [3.63, 3.8) is 0 Å². The van der Waals surface area contributed by atoms with Crippen molar-refractivity contribution in [1.82, 2.24) is 5.32 Å². The second-order valence-electron chi connectivity index (χ2n) is 7.04. The summed E-state index contributed by atoms with van der Waals surface area (Å²) in [6, 6.07) is 0. The number of allylic oxidation sites excluding steroid dienone is 2. The second-order valence-corrected chi connectivity index (χ2v) is 8.73. The molecule has 0 rings (SSSR count). The molecule has 1 amide bonds. The van der Waals surface area contributed by atoms with Gasteiger partial charge in [0.05, 0.1) is 0 Å². The molecule has 154 valence electrons. The molecule has 27 heavy (non-hydrogen) atoms. The molecule has 0 saturated heterocycles. The summed E-state index contributed by atoms with van der Waals surface area (Å²) in [5.74, 6) is -0.366. The number of carbonyl (C=O) groups excluding carboxylic acids is 1. The van der Waals surface area contributed by atoms with E-state index in [0.717, 1.165) is 32.1 Å². The Morgan fingerprint density at radius 3 is 1.81 bits per heavy atom. The standard InChI is InChI=1S/C20H39NO4S.Na/c1-3-4-5-6-7-8-9-10-11-12-13-14-15-16-17-18-20(22)21-19(2)26(23,24)25;/h10-11,19H,3-9,12-18H2,1-2H3,(H,21,22)(H,23,24,25);/q;+1/p-1/b11-10-;. The van der Waals surface area contributed by atoms with E-state index in [-0.39, 0.29) is 41.9 Å². The van der Waals surface area contributed by atoms with Gasteiger partial charge in [-0.1, -0.05) is 70.4 Å². The molecule has 0 aliphatic carbocycles. The predicted molar refractivity (Wildman–Crippen MR) is 107 cm³/mol. The van der Waals surface area contributed by atoms with Crippen LogP contribution in [0.15, 0.2) is 12.2 Å². The summed E-state index contributed by atoms with van der Waals surface area (Å²) in [4.78, 5) is 11.5. The Kier molecular flexibility index (Phi) is 21.1. The quantitative estimate of drug-likeness (QED) is 0.172. The molecule has 0 aromatic carbocycles. The summed E-state index contributed by atoms with van der Waals surface area (Å²) in [6.07, 6.45) is 20.3. The smallest absolute Gasteiger partial charge is 0.746 e. The summed E-state index contributed by atoms with van der Waals surface area (Å²) in [7, 11) is -4.45. The summed E-state index contributed by atoms with van der Waals surface area (Å²) in [5.41, 5.74) is 0. The van der Waals surface area contributed by atoms with Crippen LogP contribution in [-0.2, 0) is 14.9 Å². The van der Waals surface area contributed by atoms with Crippen LogP contribution in [0.2, 0.25) is 0 Å². The first-order chi connectivity index (χ1) is 12.4. The molecule has 0 aliphatic heterocycles. The Morgan fingerprint density at radius 2 is 1.33 bits per heavy atom. The van der Waals surface area contributed by atoms with Crippen LogP contribution in [0.4, 0.5) is 0 Å². The van der Waals surface area contributed by atoms with Gasteiger partial charge in [0, 0.05) is 6.42 Å². The molecule has 0 aromatic rings. The van der Waals surface area contributed by atoms with Gasteiger partial charge in [-0.05, 0) is 39.0 Å². The number of hydrogen-bond acceptors (Lipinski definition) is 4. The number of amides is 1. The van der Waals surface area contributed by atoms with E-state index in [1.807, 2.05) is 0 Å². The van der Waals surface area contributed by atoms with Gasteiger partial charge in [-0.15, -0.1) is 0 Å². The Labute approximate surface area is 189 Å². The van der Waals surface area contributed by atoms with Crippen LogP contribution in [0, 0.1) is 0 Å². The zero-order valence-corrected chi connectivity index (χ0v) is 20.5. The topological polar surface area (TPSA) is 86.3 Å². The Balaban J connectivity index is 0. The summed E-state index contributed by atoms with van der Waals surface area (Å²) in [5, 5.41) is 0.872. The van der Waals surface area contributed by atoms with Gasteiger partial charge in [0.1, 0.15) is 15.5 Å². The number of nitrogens with one attached hydrogen (secondary N) is 1. The normalized spacial score (nSPS) is 12.7. The Bertz CT molecular complexity index is 480. The van der Waals surface area contributed by atoms with Crippen LogP contribution in [0.25, 0.3) is 0 Å². The van der Waals surface area contributed by atoms with Gasteiger partial charge in [-0.3, -0.25) is 4.79 Å². The van der Waals surface area contributed by atoms with Crippen molar-refractivity contribution in [1.29, 1.82) is 0 Å². The predicted octanol–water partition coefficient (Wildman–Crippen LogP) is 2.04. The average Bonchev–Trinajstić information content (AvgIpc) is 2.57. The fraction of sp³-hybridized carbons (Fsp3) is 0.850. The fourth-order valence-corrected chi connectivity index (χ4v) is 3.00. The van der Waals surface area contributed by atoms with E-state index in [1.54, 1.807) is 0 Å². The van der Waals surface area contributed by atoms with E-state index >= 15 is 0 Å². The van der Waals surface area contributed by atoms with E-state index in [9.17, 15) is 17.8 Å². The van der Waals surface area contributed by atoms with Crippen LogP contribution in [0.3, 0.4) is 0 Å². The third kappa shape index (κ3) is 20.7. The first-order valence-corrected chi connectivity index (χ1v) is 11.7. The van der Waals surface area contributed by atoms with Crippen LogP contribution >= 0.6 is 0 Å². The van der Waals surface area contributed by atoms with Crippen molar-refractivity contribution in [2.75, 3.05) is 0 Å². The van der Waals surface area contributed by atoms with Crippen molar-refractivity contribution in [2.45, 2.75) is 109 Å². The first kappa shape index (κ1) is 29.3. The maximum Gasteiger partial charge on any atom is 1.00 e. The minimum atomic E-state index is -4.45. The van der Waals surface area contributed by atoms with Crippen molar-refractivity contribution in [2.24, 2.45) is 0 Å². The molecule has 1 unspecified atom stereocenters. The largest absolute Gasteiger partial charge is 1.00 e. The number of rotatable bonds is 17. The maximum atomic E-state index is 11.5. The maximum absolute atomic E-state index is 11.5. The Hall–Kier alpha value is 0.120. The molecular weight excluding hydrogens is 373 g/mol. The molecule has 0 radical (unpaired) electrons. The van der Waals surface area contributed by atoms with Gasteiger partial charge in [0.2, 0.25) is 5.91 Å². The SMILES string of the molecule is CCCCCCCC/C=C\CCCCCCCC(=O)NC(C)S(=O)(=O)[O-].[Na+]. The summed E-state index contributed by atoms with van der Waals surface area (Å²) >= 11 is 0. The number of hydrogen-bond donors (Lipinski definition) is 1. The molecule has 0 bridgehead atoms. The third-order valence-corrected chi connectivity index (χ3v) is 5.45. The van der Waals surface area contributed by atoms with Crippen molar-refractivity contribution in [3.8, 4) is 0 Å². The molecule has 1 atom stereocenters. The first-order valence-electron chi connectivity index (χ1n) is 10.3. The molecule has 0 aromatic heterocycles. The van der Waals surface area contributed by atoms with Gasteiger partial charge in [-0.25, -0.2) is 8.42 Å². The van der Waals surface area contributed by atoms with Gasteiger partial charge in [-0.2, -0.15) is 0 Å². The summed E-state index contributed by atoms with van der Waals surface area (Å²) < 4.78 is 32.1. The van der Waals surface area contributed by atoms with Gasteiger partial charge >= 0.3 is 29.6 Å². The number of carbonyl (C=O) groups is 1. The van der Waals surface area contributed by atoms with Crippen molar-refractivity contribution in [3.05, 3.63) is 12.2 Å².